The molecule has 0 spiro atoms. The fraction of sp³-hybridized carbons (Fsp3) is 0. The monoisotopic (exact) mass is 758 g/mol. The Bertz CT molecular complexity index is 3570. The zero-order valence-corrected chi connectivity index (χ0v) is 31.7. The van der Waals surface area contributed by atoms with Crippen LogP contribution in [0.1, 0.15) is 0 Å². The third kappa shape index (κ3) is 5.30. The second-order valence-corrected chi connectivity index (χ2v) is 15.6. The van der Waals surface area contributed by atoms with Crippen molar-refractivity contribution >= 4 is 75.1 Å². The zero-order chi connectivity index (χ0) is 38.2. The highest BCUT2D eigenvalue weighted by atomic mass is 32.1. The fourth-order valence-electron chi connectivity index (χ4n) is 8.30. The normalized spacial score (nSPS) is 11.8. The van der Waals surface area contributed by atoms with E-state index in [0.29, 0.717) is 17.5 Å². The molecule has 0 saturated heterocycles. The van der Waals surface area contributed by atoms with E-state index in [2.05, 4.69) is 133 Å². The molecule has 12 rings (SSSR count). The maximum absolute atomic E-state index is 6.41. The van der Waals surface area contributed by atoms with Gasteiger partial charge in [0.25, 0.3) is 0 Å². The van der Waals surface area contributed by atoms with Gasteiger partial charge in [0.05, 0.1) is 15.9 Å². The van der Waals surface area contributed by atoms with Crippen LogP contribution < -0.4 is 0 Å². The van der Waals surface area contributed by atoms with Crippen molar-refractivity contribution in [3.8, 4) is 56.5 Å². The molecular formula is C52H30N4OS. The van der Waals surface area contributed by atoms with Gasteiger partial charge in [-0.15, -0.1) is 11.3 Å². The zero-order valence-electron chi connectivity index (χ0n) is 30.9. The van der Waals surface area contributed by atoms with Crippen molar-refractivity contribution in [1.29, 1.82) is 0 Å². The Kier molecular flexibility index (Phi) is 7.33. The Hall–Kier alpha value is -7.54. The molecule has 8 aromatic carbocycles. The molecule has 0 aliphatic carbocycles. The lowest BCUT2D eigenvalue weighted by Crippen LogP contribution is -2.00. The van der Waals surface area contributed by atoms with Gasteiger partial charge in [-0.3, -0.25) is 0 Å². The van der Waals surface area contributed by atoms with Crippen LogP contribution in [-0.2, 0) is 0 Å². The second kappa shape index (κ2) is 13.0. The van der Waals surface area contributed by atoms with Crippen molar-refractivity contribution in [2.45, 2.75) is 0 Å². The molecule has 0 amide bonds. The number of rotatable bonds is 5. The summed E-state index contributed by atoms with van der Waals surface area (Å²) in [5.41, 5.74) is 9.50. The van der Waals surface area contributed by atoms with Gasteiger partial charge in [-0.1, -0.05) is 152 Å². The number of aromatic nitrogens is 4. The molecule has 12 aromatic rings. The average Bonchev–Trinajstić information content (AvgIpc) is 3.88. The van der Waals surface area contributed by atoms with Crippen molar-refractivity contribution in [1.82, 2.24) is 19.9 Å². The van der Waals surface area contributed by atoms with Crippen molar-refractivity contribution in [2.75, 3.05) is 0 Å². The molecule has 0 aliphatic heterocycles. The topological polar surface area (TPSA) is 64.7 Å². The second-order valence-electron chi connectivity index (χ2n) is 14.6. The number of fused-ring (bicyclic) bond motifs is 9. The standard InChI is InChI=1S/C52H30N4OS/c1-2-12-32(13-3-1)50-54-51(56-52(55-50)37-17-10-16-36(28-37)38-20-11-21-40-39-18-6-8-22-44(39)57-48(38)40)33-26-24-31(25-27-33)47-49-46(41-19-7-9-23-45(41)58-49)42-29-34-14-4-5-15-35(34)30-43(42)53-47/h1-30H. The van der Waals surface area contributed by atoms with Crippen LogP contribution in [0.4, 0.5) is 0 Å². The first kappa shape index (κ1) is 32.7. The average molecular weight is 759 g/mol. The van der Waals surface area contributed by atoms with E-state index in [1.54, 1.807) is 11.3 Å². The molecule has 5 nitrogen and oxygen atoms in total. The van der Waals surface area contributed by atoms with Crippen molar-refractivity contribution in [2.24, 2.45) is 0 Å². The van der Waals surface area contributed by atoms with Gasteiger partial charge in [0.15, 0.2) is 17.5 Å². The van der Waals surface area contributed by atoms with Crippen LogP contribution in [0, 0.1) is 0 Å². The third-order valence-corrected chi connectivity index (χ3v) is 12.3. The van der Waals surface area contributed by atoms with E-state index in [1.165, 1.54) is 36.3 Å². The summed E-state index contributed by atoms with van der Waals surface area (Å²) in [5, 5.41) is 8.28. The van der Waals surface area contributed by atoms with Crippen LogP contribution in [0.25, 0.3) is 120 Å². The van der Waals surface area contributed by atoms with Gasteiger partial charge < -0.3 is 4.42 Å². The number of hydrogen-bond acceptors (Lipinski definition) is 6. The molecule has 0 aliphatic rings. The summed E-state index contributed by atoms with van der Waals surface area (Å²) in [4.78, 5) is 20.6. The van der Waals surface area contributed by atoms with E-state index in [9.17, 15) is 0 Å². The molecule has 0 saturated carbocycles. The van der Waals surface area contributed by atoms with Crippen LogP contribution in [0.2, 0.25) is 0 Å². The molecule has 4 heterocycles. The van der Waals surface area contributed by atoms with Gasteiger partial charge in [-0.2, -0.15) is 0 Å². The minimum absolute atomic E-state index is 0.599. The van der Waals surface area contributed by atoms with Crippen molar-refractivity contribution in [3.05, 3.63) is 182 Å². The number of benzene rings is 8. The number of hydrogen-bond donors (Lipinski definition) is 0. The molecule has 0 unspecified atom stereocenters. The molecule has 6 heteroatoms. The van der Waals surface area contributed by atoms with E-state index < -0.39 is 0 Å². The molecule has 0 fully saturated rings. The Morgan fingerprint density at radius 2 is 1.00 bits per heavy atom. The van der Waals surface area contributed by atoms with Crippen LogP contribution in [0.5, 0.6) is 0 Å². The molecule has 0 atom stereocenters. The highest BCUT2D eigenvalue weighted by Crippen LogP contribution is 2.44. The first-order valence-corrected chi connectivity index (χ1v) is 20.1. The van der Waals surface area contributed by atoms with Crippen molar-refractivity contribution in [3.63, 3.8) is 0 Å². The predicted octanol–water partition coefficient (Wildman–Crippen LogP) is 14.2. The summed E-state index contributed by atoms with van der Waals surface area (Å²) in [6, 6.07) is 63.2. The summed E-state index contributed by atoms with van der Waals surface area (Å²) in [6.45, 7) is 0. The van der Waals surface area contributed by atoms with Crippen LogP contribution >= 0.6 is 11.3 Å². The number of para-hydroxylation sites is 2. The number of pyridine rings is 1. The first-order valence-electron chi connectivity index (χ1n) is 19.3. The molecule has 0 N–H and O–H groups in total. The molecular weight excluding hydrogens is 729 g/mol. The lowest BCUT2D eigenvalue weighted by atomic mass is 10.00. The molecule has 0 radical (unpaired) electrons. The van der Waals surface area contributed by atoms with Crippen molar-refractivity contribution < 1.29 is 4.42 Å². The molecule has 4 aromatic heterocycles. The van der Waals surface area contributed by atoms with E-state index in [-0.39, 0.29) is 0 Å². The Labute approximate surface area is 336 Å². The quantitative estimate of drug-likeness (QED) is 0.164. The summed E-state index contributed by atoms with van der Waals surface area (Å²) >= 11 is 1.80. The minimum Gasteiger partial charge on any atom is -0.455 e. The van der Waals surface area contributed by atoms with E-state index in [1.807, 2.05) is 48.5 Å². The van der Waals surface area contributed by atoms with Crippen LogP contribution in [0.3, 0.4) is 0 Å². The predicted molar refractivity (Wildman–Crippen MR) is 240 cm³/mol. The SMILES string of the molecule is c1ccc(-c2nc(-c3ccc(-c4nc5cc6ccccc6cc5c5c4sc4ccccc45)cc3)nc(-c3cccc(-c4cccc5c4oc4ccccc45)c3)n2)cc1. The summed E-state index contributed by atoms with van der Waals surface area (Å²) in [6.07, 6.45) is 0. The van der Waals surface area contributed by atoms with Crippen LogP contribution in [-0.4, -0.2) is 19.9 Å². The van der Waals surface area contributed by atoms with Gasteiger partial charge in [0, 0.05) is 59.4 Å². The third-order valence-electron chi connectivity index (χ3n) is 11.1. The summed E-state index contributed by atoms with van der Waals surface area (Å²) in [5.74, 6) is 1.82. The van der Waals surface area contributed by atoms with E-state index in [4.69, 9.17) is 24.4 Å². The van der Waals surface area contributed by atoms with Gasteiger partial charge in [0.1, 0.15) is 11.2 Å². The van der Waals surface area contributed by atoms with E-state index >= 15 is 0 Å². The van der Waals surface area contributed by atoms with E-state index in [0.717, 1.165) is 66.5 Å². The maximum atomic E-state index is 6.41. The Morgan fingerprint density at radius 3 is 1.83 bits per heavy atom. The first-order chi connectivity index (χ1) is 28.7. The highest BCUT2D eigenvalue weighted by molar-refractivity contribution is 7.26. The highest BCUT2D eigenvalue weighted by Gasteiger charge is 2.19. The molecule has 270 valence electrons. The lowest BCUT2D eigenvalue weighted by Gasteiger charge is -2.11. The maximum Gasteiger partial charge on any atom is 0.164 e. The molecule has 0 bridgehead atoms. The Morgan fingerprint density at radius 1 is 0.397 bits per heavy atom. The Balaban J connectivity index is 0.989. The summed E-state index contributed by atoms with van der Waals surface area (Å²) < 4.78 is 8.85. The number of nitrogens with zero attached hydrogens (tertiary/aromatic N) is 4. The van der Waals surface area contributed by atoms with Gasteiger partial charge >= 0.3 is 0 Å². The fourth-order valence-corrected chi connectivity index (χ4v) is 9.52. The van der Waals surface area contributed by atoms with Gasteiger partial charge in [-0.05, 0) is 46.7 Å². The van der Waals surface area contributed by atoms with Gasteiger partial charge in [-0.25, -0.2) is 19.9 Å². The number of thiophene rings is 1. The van der Waals surface area contributed by atoms with Crippen LogP contribution in [0.15, 0.2) is 186 Å². The molecule has 58 heavy (non-hydrogen) atoms. The minimum atomic E-state index is 0.599. The smallest absolute Gasteiger partial charge is 0.164 e. The van der Waals surface area contributed by atoms with Gasteiger partial charge in [0.2, 0.25) is 0 Å². The largest absolute Gasteiger partial charge is 0.455 e. The summed E-state index contributed by atoms with van der Waals surface area (Å²) in [7, 11) is 0. The lowest BCUT2D eigenvalue weighted by molar-refractivity contribution is 0.670. The number of furan rings is 1.